The van der Waals surface area contributed by atoms with Gasteiger partial charge < -0.3 is 15.1 Å². The molecule has 156 valence electrons. The molecule has 0 aliphatic rings. The Morgan fingerprint density at radius 3 is 2.61 bits per heavy atom. The summed E-state index contributed by atoms with van der Waals surface area (Å²) in [5, 5.41) is 6.02. The zero-order chi connectivity index (χ0) is 21.8. The number of hydrogen-bond acceptors (Lipinski definition) is 4. The van der Waals surface area contributed by atoms with Gasteiger partial charge in [-0.05, 0) is 59.6 Å². The molecule has 0 unspecified atom stereocenters. The highest BCUT2D eigenvalue weighted by Crippen LogP contribution is 2.28. The molecule has 3 aromatic carbocycles. The lowest BCUT2D eigenvalue weighted by Gasteiger charge is -2.10. The first-order chi connectivity index (χ1) is 15.0. The number of carbonyl (C=O) groups is 1. The number of benzene rings is 3. The second-order valence-electron chi connectivity index (χ2n) is 7.65. The van der Waals surface area contributed by atoms with Gasteiger partial charge >= 0.3 is 0 Å². The SMILES string of the molecule is CC(C)c1ccc2oc(-c3cccc(NC(=S)NC(=O)Cc4ccccc4)c3)nc2c1. The summed E-state index contributed by atoms with van der Waals surface area (Å²) >= 11 is 5.30. The van der Waals surface area contributed by atoms with Gasteiger partial charge in [0.15, 0.2) is 10.7 Å². The maximum atomic E-state index is 12.2. The number of carbonyl (C=O) groups excluding carboxylic acids is 1. The third-order valence-electron chi connectivity index (χ3n) is 4.91. The maximum absolute atomic E-state index is 12.2. The molecule has 0 aliphatic heterocycles. The zero-order valence-electron chi connectivity index (χ0n) is 17.4. The third kappa shape index (κ3) is 5.16. The highest BCUT2D eigenvalue weighted by atomic mass is 32.1. The standard InChI is InChI=1S/C25H23N3O2S/c1-16(2)18-11-12-22-21(15-18)27-24(30-22)19-9-6-10-20(14-19)26-25(31)28-23(29)13-17-7-4-3-5-8-17/h3-12,14-16H,13H2,1-2H3,(H2,26,28,29,31). The summed E-state index contributed by atoms with van der Waals surface area (Å²) in [6.45, 7) is 4.30. The first-order valence-electron chi connectivity index (χ1n) is 10.1. The number of thiocarbonyl (C=S) groups is 1. The van der Waals surface area contributed by atoms with Crippen molar-refractivity contribution in [2.75, 3.05) is 5.32 Å². The molecule has 0 radical (unpaired) electrons. The van der Waals surface area contributed by atoms with Crippen molar-refractivity contribution >= 4 is 40.0 Å². The molecule has 0 aliphatic carbocycles. The summed E-state index contributed by atoms with van der Waals surface area (Å²) in [5.74, 6) is 0.800. The zero-order valence-corrected chi connectivity index (χ0v) is 18.2. The quantitative estimate of drug-likeness (QED) is 0.400. The average molecular weight is 430 g/mol. The van der Waals surface area contributed by atoms with Crippen LogP contribution in [0.5, 0.6) is 0 Å². The van der Waals surface area contributed by atoms with Gasteiger partial charge in [0.05, 0.1) is 6.42 Å². The van der Waals surface area contributed by atoms with E-state index in [-0.39, 0.29) is 17.4 Å². The van der Waals surface area contributed by atoms with E-state index in [1.807, 2.05) is 60.7 Å². The Labute approximate surface area is 186 Å². The largest absolute Gasteiger partial charge is 0.436 e. The Hall–Kier alpha value is -3.51. The molecule has 1 aromatic heterocycles. The summed E-state index contributed by atoms with van der Waals surface area (Å²) in [5.41, 5.74) is 5.31. The normalized spacial score (nSPS) is 10.9. The van der Waals surface area contributed by atoms with Gasteiger partial charge in [-0.2, -0.15) is 0 Å². The van der Waals surface area contributed by atoms with Gasteiger partial charge in [-0.25, -0.2) is 4.98 Å². The van der Waals surface area contributed by atoms with Crippen molar-refractivity contribution in [1.29, 1.82) is 0 Å². The minimum absolute atomic E-state index is 0.167. The van der Waals surface area contributed by atoms with Gasteiger partial charge in [0.1, 0.15) is 5.52 Å². The number of aromatic nitrogens is 1. The molecule has 6 heteroatoms. The van der Waals surface area contributed by atoms with E-state index in [9.17, 15) is 4.79 Å². The second kappa shape index (κ2) is 9.10. The third-order valence-corrected chi connectivity index (χ3v) is 5.11. The Kier molecular flexibility index (Phi) is 6.09. The molecule has 2 N–H and O–H groups in total. The van der Waals surface area contributed by atoms with Crippen LogP contribution < -0.4 is 10.6 Å². The predicted molar refractivity (Wildman–Crippen MR) is 128 cm³/mol. The topological polar surface area (TPSA) is 67.2 Å². The number of anilines is 1. The highest BCUT2D eigenvalue weighted by molar-refractivity contribution is 7.80. The molecule has 0 saturated carbocycles. The van der Waals surface area contributed by atoms with E-state index in [4.69, 9.17) is 16.6 Å². The van der Waals surface area contributed by atoms with Gasteiger partial charge in [0, 0.05) is 11.3 Å². The summed E-state index contributed by atoms with van der Waals surface area (Å²) in [6.07, 6.45) is 0.268. The van der Waals surface area contributed by atoms with E-state index in [1.165, 1.54) is 5.56 Å². The van der Waals surface area contributed by atoms with Gasteiger partial charge in [0.2, 0.25) is 11.8 Å². The minimum atomic E-state index is -0.167. The van der Waals surface area contributed by atoms with E-state index < -0.39 is 0 Å². The minimum Gasteiger partial charge on any atom is -0.436 e. The summed E-state index contributed by atoms with van der Waals surface area (Å²) in [4.78, 5) is 16.9. The lowest BCUT2D eigenvalue weighted by molar-refractivity contribution is -0.119. The van der Waals surface area contributed by atoms with Crippen molar-refractivity contribution in [2.45, 2.75) is 26.2 Å². The van der Waals surface area contributed by atoms with Crippen LogP contribution in [0, 0.1) is 0 Å². The molecule has 0 saturated heterocycles. The van der Waals surface area contributed by atoms with E-state index in [2.05, 4.69) is 41.6 Å². The Morgan fingerprint density at radius 2 is 1.84 bits per heavy atom. The lowest BCUT2D eigenvalue weighted by Crippen LogP contribution is -2.35. The molecule has 1 heterocycles. The number of rotatable bonds is 5. The van der Waals surface area contributed by atoms with Crippen molar-refractivity contribution in [3.8, 4) is 11.5 Å². The summed E-state index contributed by atoms with van der Waals surface area (Å²) in [7, 11) is 0. The van der Waals surface area contributed by atoms with Crippen LogP contribution in [0.15, 0.2) is 77.2 Å². The Bertz CT molecular complexity index is 1230. The molecule has 4 rings (SSSR count). The van der Waals surface area contributed by atoms with Crippen LogP contribution in [0.1, 0.15) is 30.9 Å². The molecule has 0 atom stereocenters. The fraction of sp³-hybridized carbons (Fsp3) is 0.160. The van der Waals surface area contributed by atoms with E-state index in [1.54, 1.807) is 0 Å². The van der Waals surface area contributed by atoms with Crippen LogP contribution in [-0.2, 0) is 11.2 Å². The number of fused-ring (bicyclic) bond motifs is 1. The molecule has 31 heavy (non-hydrogen) atoms. The average Bonchev–Trinajstić information content (AvgIpc) is 3.18. The predicted octanol–water partition coefficient (Wildman–Crippen LogP) is 5.67. The molecule has 4 aromatic rings. The van der Waals surface area contributed by atoms with Crippen LogP contribution in [0.2, 0.25) is 0 Å². The first-order valence-corrected chi connectivity index (χ1v) is 10.5. The van der Waals surface area contributed by atoms with E-state index in [0.717, 1.165) is 27.9 Å². The van der Waals surface area contributed by atoms with Crippen LogP contribution in [0.25, 0.3) is 22.6 Å². The van der Waals surface area contributed by atoms with E-state index >= 15 is 0 Å². The van der Waals surface area contributed by atoms with Gasteiger partial charge in [0.25, 0.3) is 0 Å². The molecule has 1 amide bonds. The number of amides is 1. The van der Waals surface area contributed by atoms with Crippen molar-refractivity contribution in [3.63, 3.8) is 0 Å². The van der Waals surface area contributed by atoms with Crippen LogP contribution >= 0.6 is 12.2 Å². The van der Waals surface area contributed by atoms with Crippen LogP contribution in [-0.4, -0.2) is 16.0 Å². The van der Waals surface area contributed by atoms with Gasteiger partial charge in [-0.15, -0.1) is 0 Å². The number of oxazole rings is 1. The van der Waals surface area contributed by atoms with E-state index in [0.29, 0.717) is 11.8 Å². The number of nitrogens with one attached hydrogen (secondary N) is 2. The van der Waals surface area contributed by atoms with Gasteiger partial charge in [-0.1, -0.05) is 56.3 Å². The van der Waals surface area contributed by atoms with Crippen molar-refractivity contribution < 1.29 is 9.21 Å². The number of nitrogens with zero attached hydrogens (tertiary/aromatic N) is 1. The maximum Gasteiger partial charge on any atom is 0.230 e. The monoisotopic (exact) mass is 429 g/mol. The Morgan fingerprint density at radius 1 is 1.03 bits per heavy atom. The van der Waals surface area contributed by atoms with Crippen LogP contribution in [0.4, 0.5) is 5.69 Å². The second-order valence-corrected chi connectivity index (χ2v) is 8.05. The van der Waals surface area contributed by atoms with Crippen LogP contribution in [0.3, 0.4) is 0 Å². The fourth-order valence-corrected chi connectivity index (χ4v) is 3.50. The molecule has 0 spiro atoms. The highest BCUT2D eigenvalue weighted by Gasteiger charge is 2.11. The molecule has 0 fully saturated rings. The smallest absolute Gasteiger partial charge is 0.230 e. The molecule has 0 bridgehead atoms. The molecule has 5 nitrogen and oxygen atoms in total. The molecular weight excluding hydrogens is 406 g/mol. The fourth-order valence-electron chi connectivity index (χ4n) is 3.27. The van der Waals surface area contributed by atoms with Crippen molar-refractivity contribution in [2.24, 2.45) is 0 Å². The summed E-state index contributed by atoms with van der Waals surface area (Å²) in [6, 6.07) is 23.2. The van der Waals surface area contributed by atoms with Gasteiger partial charge in [-0.3, -0.25) is 4.79 Å². The van der Waals surface area contributed by atoms with Crippen molar-refractivity contribution in [3.05, 3.63) is 83.9 Å². The summed E-state index contributed by atoms with van der Waals surface area (Å²) < 4.78 is 5.94. The number of hydrogen-bond donors (Lipinski definition) is 2. The molecular formula is C25H23N3O2S. The Balaban J connectivity index is 1.45. The van der Waals surface area contributed by atoms with Crippen molar-refractivity contribution in [1.82, 2.24) is 10.3 Å². The first kappa shape index (κ1) is 20.8. The lowest BCUT2D eigenvalue weighted by atomic mass is 10.0.